The lowest BCUT2D eigenvalue weighted by Crippen LogP contribution is -2.33. The molecule has 1 aliphatic rings. The van der Waals surface area contributed by atoms with Crippen LogP contribution in [0.2, 0.25) is 0 Å². The number of anilines is 1. The summed E-state index contributed by atoms with van der Waals surface area (Å²) >= 11 is 1.19. The van der Waals surface area contributed by atoms with Gasteiger partial charge in [-0.05, 0) is 30.2 Å². The Morgan fingerprint density at radius 1 is 1.22 bits per heavy atom. The van der Waals surface area contributed by atoms with E-state index in [2.05, 4.69) is 10.3 Å². The molecule has 2 aromatic rings. The van der Waals surface area contributed by atoms with Crippen molar-refractivity contribution in [1.29, 1.82) is 0 Å². The Balaban J connectivity index is 1.60. The van der Waals surface area contributed by atoms with Crippen molar-refractivity contribution in [3.05, 3.63) is 66.0 Å². The SMILES string of the molecule is CN=C(Nc1cccc(F)c1)SC1CC(=O)N(CCc2ccccc2)C1=O. The minimum atomic E-state index is -0.520. The first-order chi connectivity index (χ1) is 13.1. The topological polar surface area (TPSA) is 61.8 Å². The second-order valence-corrected chi connectivity index (χ2v) is 7.29. The van der Waals surface area contributed by atoms with Crippen LogP contribution in [0.25, 0.3) is 0 Å². The first kappa shape index (κ1) is 19.1. The molecular formula is C20H20FN3O2S. The molecule has 0 aromatic heterocycles. The van der Waals surface area contributed by atoms with Gasteiger partial charge in [-0.15, -0.1) is 0 Å². The molecule has 0 bridgehead atoms. The number of hydrogen-bond acceptors (Lipinski definition) is 4. The molecule has 7 heteroatoms. The highest BCUT2D eigenvalue weighted by atomic mass is 32.2. The highest BCUT2D eigenvalue weighted by Crippen LogP contribution is 2.27. The number of likely N-dealkylation sites (tertiary alicyclic amines) is 1. The third kappa shape index (κ3) is 4.95. The zero-order valence-corrected chi connectivity index (χ0v) is 15.7. The minimum absolute atomic E-state index is 0.141. The van der Waals surface area contributed by atoms with E-state index >= 15 is 0 Å². The number of imide groups is 1. The van der Waals surface area contributed by atoms with Crippen LogP contribution < -0.4 is 5.32 Å². The Bertz CT molecular complexity index is 857. The lowest BCUT2D eigenvalue weighted by molar-refractivity contribution is -0.138. The number of benzene rings is 2. The third-order valence-electron chi connectivity index (χ3n) is 4.20. The summed E-state index contributed by atoms with van der Waals surface area (Å²) in [6.07, 6.45) is 0.772. The molecule has 1 N–H and O–H groups in total. The van der Waals surface area contributed by atoms with Gasteiger partial charge in [0.1, 0.15) is 11.1 Å². The summed E-state index contributed by atoms with van der Waals surface area (Å²) in [6.45, 7) is 0.370. The summed E-state index contributed by atoms with van der Waals surface area (Å²) in [5, 5.41) is 2.94. The van der Waals surface area contributed by atoms with E-state index in [0.29, 0.717) is 23.8 Å². The average Bonchev–Trinajstić information content (AvgIpc) is 2.93. The number of amides is 2. The highest BCUT2D eigenvalue weighted by molar-refractivity contribution is 8.15. The number of nitrogens with one attached hydrogen (secondary N) is 1. The zero-order chi connectivity index (χ0) is 19.2. The van der Waals surface area contributed by atoms with Crippen molar-refractivity contribution in [2.45, 2.75) is 18.1 Å². The van der Waals surface area contributed by atoms with Crippen LogP contribution in [-0.2, 0) is 16.0 Å². The second kappa shape index (κ2) is 8.81. The molecule has 2 amide bonds. The van der Waals surface area contributed by atoms with E-state index in [1.165, 1.54) is 28.8 Å². The maximum atomic E-state index is 13.3. The van der Waals surface area contributed by atoms with Crippen molar-refractivity contribution < 1.29 is 14.0 Å². The Kier molecular flexibility index (Phi) is 6.24. The fourth-order valence-corrected chi connectivity index (χ4v) is 3.83. The number of carbonyl (C=O) groups is 2. The van der Waals surface area contributed by atoms with Crippen molar-refractivity contribution in [3.8, 4) is 0 Å². The van der Waals surface area contributed by atoms with Crippen LogP contribution in [0.3, 0.4) is 0 Å². The molecule has 1 fully saturated rings. The fraction of sp³-hybridized carbons (Fsp3) is 0.250. The lowest BCUT2D eigenvalue weighted by Gasteiger charge is -2.15. The van der Waals surface area contributed by atoms with E-state index in [9.17, 15) is 14.0 Å². The van der Waals surface area contributed by atoms with Crippen LogP contribution in [0.4, 0.5) is 10.1 Å². The van der Waals surface area contributed by atoms with Gasteiger partial charge in [0.05, 0.1) is 0 Å². The zero-order valence-electron chi connectivity index (χ0n) is 14.9. The van der Waals surface area contributed by atoms with E-state index in [1.54, 1.807) is 19.2 Å². The van der Waals surface area contributed by atoms with Crippen LogP contribution in [0.15, 0.2) is 59.6 Å². The monoisotopic (exact) mass is 385 g/mol. The molecule has 1 heterocycles. The predicted molar refractivity (Wildman–Crippen MR) is 106 cm³/mol. The van der Waals surface area contributed by atoms with Crippen molar-refractivity contribution in [1.82, 2.24) is 4.90 Å². The molecule has 0 radical (unpaired) electrons. The van der Waals surface area contributed by atoms with Crippen LogP contribution >= 0.6 is 11.8 Å². The van der Waals surface area contributed by atoms with E-state index < -0.39 is 5.25 Å². The second-order valence-electron chi connectivity index (χ2n) is 6.09. The Morgan fingerprint density at radius 2 is 2.00 bits per heavy atom. The standard InChI is InChI=1S/C20H20FN3O2S/c1-22-20(23-16-9-5-8-15(21)12-16)27-17-13-18(25)24(19(17)26)11-10-14-6-3-2-4-7-14/h2-9,12,17H,10-11,13H2,1H3,(H,22,23). The average molecular weight is 385 g/mol. The van der Waals surface area contributed by atoms with Gasteiger partial charge in [0.25, 0.3) is 0 Å². The summed E-state index contributed by atoms with van der Waals surface area (Å²) < 4.78 is 13.3. The summed E-state index contributed by atoms with van der Waals surface area (Å²) in [4.78, 5) is 30.3. The van der Waals surface area contributed by atoms with Gasteiger partial charge in [0.2, 0.25) is 11.8 Å². The van der Waals surface area contributed by atoms with Gasteiger partial charge < -0.3 is 5.32 Å². The first-order valence-corrected chi connectivity index (χ1v) is 9.49. The van der Waals surface area contributed by atoms with Crippen molar-refractivity contribution >= 4 is 34.4 Å². The summed E-state index contributed by atoms with van der Waals surface area (Å²) in [7, 11) is 1.59. The van der Waals surface area contributed by atoms with E-state index in [-0.39, 0.29) is 24.1 Å². The minimum Gasteiger partial charge on any atom is -0.335 e. The molecule has 27 heavy (non-hydrogen) atoms. The molecule has 0 saturated carbocycles. The van der Waals surface area contributed by atoms with Gasteiger partial charge in [-0.1, -0.05) is 48.2 Å². The number of carbonyl (C=O) groups excluding carboxylic acids is 2. The van der Waals surface area contributed by atoms with E-state index in [0.717, 1.165) is 5.56 Å². The quantitative estimate of drug-likeness (QED) is 0.487. The van der Waals surface area contributed by atoms with Crippen LogP contribution in [0.1, 0.15) is 12.0 Å². The number of rotatable bonds is 5. The van der Waals surface area contributed by atoms with Crippen molar-refractivity contribution in [2.24, 2.45) is 4.99 Å². The molecule has 1 saturated heterocycles. The van der Waals surface area contributed by atoms with E-state index in [1.807, 2.05) is 30.3 Å². The fourth-order valence-electron chi connectivity index (χ4n) is 2.83. The van der Waals surface area contributed by atoms with Crippen LogP contribution in [0.5, 0.6) is 0 Å². The normalized spacial score (nSPS) is 17.5. The molecule has 1 aliphatic heterocycles. The van der Waals surface area contributed by atoms with Gasteiger partial charge in [-0.25, -0.2) is 4.39 Å². The number of hydrogen-bond donors (Lipinski definition) is 1. The van der Waals surface area contributed by atoms with Gasteiger partial charge in [-0.3, -0.25) is 19.5 Å². The highest BCUT2D eigenvalue weighted by Gasteiger charge is 2.39. The number of amidine groups is 1. The molecular weight excluding hydrogens is 365 g/mol. The smallest absolute Gasteiger partial charge is 0.243 e. The molecule has 2 aromatic carbocycles. The van der Waals surface area contributed by atoms with Crippen molar-refractivity contribution in [3.63, 3.8) is 0 Å². The summed E-state index contributed by atoms with van der Waals surface area (Å²) in [6, 6.07) is 15.7. The Hall–Kier alpha value is -2.67. The van der Waals surface area contributed by atoms with Gasteiger partial charge >= 0.3 is 0 Å². The van der Waals surface area contributed by atoms with Gasteiger partial charge in [0, 0.05) is 25.7 Å². The number of aliphatic imine (C=N–C) groups is 1. The molecule has 0 aliphatic carbocycles. The first-order valence-electron chi connectivity index (χ1n) is 8.61. The summed E-state index contributed by atoms with van der Waals surface area (Å²) in [5.41, 5.74) is 1.62. The van der Waals surface area contributed by atoms with Crippen LogP contribution in [0, 0.1) is 5.82 Å². The lowest BCUT2D eigenvalue weighted by atomic mass is 10.1. The molecule has 1 atom stereocenters. The van der Waals surface area contributed by atoms with E-state index in [4.69, 9.17) is 0 Å². The third-order valence-corrected chi connectivity index (χ3v) is 5.36. The molecule has 1 unspecified atom stereocenters. The number of halogens is 1. The molecule has 3 rings (SSSR count). The molecule has 5 nitrogen and oxygen atoms in total. The maximum absolute atomic E-state index is 13.3. The predicted octanol–water partition coefficient (Wildman–Crippen LogP) is 3.33. The van der Waals surface area contributed by atoms with Crippen LogP contribution in [-0.4, -0.2) is 40.7 Å². The van der Waals surface area contributed by atoms with Gasteiger partial charge in [-0.2, -0.15) is 0 Å². The Morgan fingerprint density at radius 3 is 2.70 bits per heavy atom. The maximum Gasteiger partial charge on any atom is 0.243 e. The molecule has 0 spiro atoms. The summed E-state index contributed by atoms with van der Waals surface area (Å²) in [5.74, 6) is -0.738. The van der Waals surface area contributed by atoms with Crippen molar-refractivity contribution in [2.75, 3.05) is 18.9 Å². The molecule has 140 valence electrons. The Labute approximate surface area is 161 Å². The largest absolute Gasteiger partial charge is 0.335 e. The number of thioether (sulfide) groups is 1. The van der Waals surface area contributed by atoms with Gasteiger partial charge in [0.15, 0.2) is 5.17 Å². The number of nitrogens with zero attached hydrogens (tertiary/aromatic N) is 2.